The van der Waals surface area contributed by atoms with Crippen LogP contribution in [0.15, 0.2) is 0 Å². The van der Waals surface area contributed by atoms with Crippen molar-refractivity contribution in [2.45, 2.75) is 64.0 Å². The first-order chi connectivity index (χ1) is 11.5. The van der Waals surface area contributed by atoms with E-state index in [1.54, 1.807) is 0 Å². The fraction of sp³-hybridized carbons (Fsp3) is 0.895. The Morgan fingerprint density at radius 1 is 1.12 bits per heavy atom. The first-order valence-electron chi connectivity index (χ1n) is 9.84. The van der Waals surface area contributed by atoms with Gasteiger partial charge >= 0.3 is 0 Å². The molecule has 4 nitrogen and oxygen atoms in total. The van der Waals surface area contributed by atoms with Crippen LogP contribution < -0.4 is 0 Å². The molecule has 5 heteroatoms. The van der Waals surface area contributed by atoms with Gasteiger partial charge in [0.05, 0.1) is 6.67 Å². The second kappa shape index (κ2) is 5.41. The molecule has 0 unspecified atom stereocenters. The zero-order valence-electron chi connectivity index (χ0n) is 15.1. The van der Waals surface area contributed by atoms with Crippen molar-refractivity contribution in [3.05, 3.63) is 10.6 Å². The topological polar surface area (TPSA) is 26.0 Å². The zero-order valence-corrected chi connectivity index (χ0v) is 15.9. The fourth-order valence-electron chi connectivity index (χ4n) is 6.63. The van der Waals surface area contributed by atoms with Gasteiger partial charge in [-0.25, -0.2) is 4.68 Å². The third-order valence-electron chi connectivity index (χ3n) is 7.16. The molecule has 5 fully saturated rings. The quantitative estimate of drug-likeness (QED) is 0.756. The van der Waals surface area contributed by atoms with Crippen LogP contribution in [0.2, 0.25) is 0 Å². The molecule has 1 heterocycles. The maximum atomic E-state index is 5.63. The smallest absolute Gasteiger partial charge is 0.198 e. The van der Waals surface area contributed by atoms with Crippen LogP contribution in [0.1, 0.15) is 63.1 Å². The normalized spacial score (nSPS) is 37.5. The minimum Gasteiger partial charge on any atom is -0.307 e. The van der Waals surface area contributed by atoms with Gasteiger partial charge in [0.25, 0.3) is 0 Å². The average molecular weight is 347 g/mol. The Balaban J connectivity index is 1.30. The van der Waals surface area contributed by atoms with Crippen LogP contribution in [0.5, 0.6) is 0 Å². The van der Waals surface area contributed by atoms with E-state index in [0.29, 0.717) is 11.3 Å². The predicted molar refractivity (Wildman–Crippen MR) is 97.2 cm³/mol. The number of rotatable bonds is 5. The molecule has 0 saturated heterocycles. The minimum absolute atomic E-state index is 0.597. The van der Waals surface area contributed by atoms with Crippen molar-refractivity contribution >= 4 is 12.2 Å². The van der Waals surface area contributed by atoms with Crippen LogP contribution in [0.4, 0.5) is 0 Å². The molecule has 0 spiro atoms. The van der Waals surface area contributed by atoms with Crippen molar-refractivity contribution in [2.24, 2.45) is 30.2 Å². The summed E-state index contributed by atoms with van der Waals surface area (Å²) >= 11 is 5.63. The van der Waals surface area contributed by atoms with Gasteiger partial charge < -0.3 is 4.57 Å². The lowest BCUT2D eigenvalue weighted by Crippen LogP contribution is -2.50. The summed E-state index contributed by atoms with van der Waals surface area (Å²) in [6.07, 6.45) is 11.6. The van der Waals surface area contributed by atoms with Crippen LogP contribution in [0.3, 0.4) is 0 Å². The molecule has 0 aromatic carbocycles. The van der Waals surface area contributed by atoms with E-state index in [0.717, 1.165) is 29.2 Å². The van der Waals surface area contributed by atoms with Crippen molar-refractivity contribution in [1.82, 2.24) is 19.2 Å². The molecule has 0 aliphatic heterocycles. The Morgan fingerprint density at radius 3 is 2.25 bits per heavy atom. The largest absolute Gasteiger partial charge is 0.307 e. The molecule has 24 heavy (non-hydrogen) atoms. The molecule has 1 aromatic rings. The van der Waals surface area contributed by atoms with Gasteiger partial charge in [-0.15, -0.1) is 0 Å². The summed E-state index contributed by atoms with van der Waals surface area (Å²) in [7, 11) is 4.35. The van der Waals surface area contributed by atoms with E-state index in [-0.39, 0.29) is 0 Å². The number of aromatic nitrogens is 3. The van der Waals surface area contributed by atoms with Crippen molar-refractivity contribution in [2.75, 3.05) is 13.6 Å². The highest BCUT2D eigenvalue weighted by atomic mass is 32.1. The van der Waals surface area contributed by atoms with E-state index in [1.807, 2.05) is 0 Å². The maximum Gasteiger partial charge on any atom is 0.198 e. The molecule has 5 aliphatic carbocycles. The molecule has 1 aromatic heterocycles. The van der Waals surface area contributed by atoms with Crippen molar-refractivity contribution in [1.29, 1.82) is 0 Å². The van der Waals surface area contributed by atoms with Gasteiger partial charge in [0, 0.05) is 19.5 Å². The molecule has 4 bridgehead atoms. The van der Waals surface area contributed by atoms with Gasteiger partial charge in [-0.1, -0.05) is 0 Å². The van der Waals surface area contributed by atoms with Gasteiger partial charge in [0.1, 0.15) is 5.82 Å². The van der Waals surface area contributed by atoms with E-state index in [2.05, 4.69) is 28.2 Å². The van der Waals surface area contributed by atoms with Gasteiger partial charge in [0.2, 0.25) is 0 Å². The minimum atomic E-state index is 0.597. The Hall–Kier alpha value is -0.680. The highest BCUT2D eigenvalue weighted by Gasteiger charge is 2.51. The average Bonchev–Trinajstić information content (AvgIpc) is 3.28. The lowest BCUT2D eigenvalue weighted by atomic mass is 9.49. The summed E-state index contributed by atoms with van der Waals surface area (Å²) in [5.41, 5.74) is 0.597. The van der Waals surface area contributed by atoms with E-state index in [1.165, 1.54) is 63.7 Å². The maximum absolute atomic E-state index is 5.63. The summed E-state index contributed by atoms with van der Waals surface area (Å²) in [6, 6.07) is 0. The summed E-state index contributed by atoms with van der Waals surface area (Å²) in [6.45, 7) is 2.08. The predicted octanol–water partition coefficient (Wildman–Crippen LogP) is 3.93. The standard InChI is InChI=1S/C19H30N4S/c1-21(12-23-18(24)22(2)17(20-23)16-3-4-16)11-19-8-13-5-14(9-19)7-15(6-13)10-19/h13-16H,3-12H2,1-2H3. The highest BCUT2D eigenvalue weighted by Crippen LogP contribution is 2.60. The van der Waals surface area contributed by atoms with Crippen molar-refractivity contribution < 1.29 is 0 Å². The highest BCUT2D eigenvalue weighted by molar-refractivity contribution is 7.71. The van der Waals surface area contributed by atoms with Crippen molar-refractivity contribution in [3.63, 3.8) is 0 Å². The molecule has 5 aliphatic rings. The fourth-order valence-corrected chi connectivity index (χ4v) is 6.82. The molecule has 0 N–H and O–H groups in total. The third kappa shape index (κ3) is 2.59. The number of nitrogens with zero attached hydrogens (tertiary/aromatic N) is 4. The molecular formula is C19H30N4S. The van der Waals surface area contributed by atoms with E-state index in [9.17, 15) is 0 Å². The monoisotopic (exact) mass is 346 g/mol. The molecule has 132 valence electrons. The Bertz CT molecular complexity index is 663. The summed E-state index contributed by atoms with van der Waals surface area (Å²) in [5.74, 6) is 4.95. The van der Waals surface area contributed by atoms with Crippen LogP contribution in [0, 0.1) is 27.9 Å². The Kier molecular flexibility index (Phi) is 3.51. The molecular weight excluding hydrogens is 316 g/mol. The van der Waals surface area contributed by atoms with Gasteiger partial charge in [-0.2, -0.15) is 5.10 Å². The summed E-state index contributed by atoms with van der Waals surface area (Å²) < 4.78 is 5.07. The molecule has 5 saturated carbocycles. The Labute approximate surface area is 150 Å². The Morgan fingerprint density at radius 2 is 1.71 bits per heavy atom. The lowest BCUT2D eigenvalue weighted by molar-refractivity contribution is -0.0697. The van der Waals surface area contributed by atoms with Gasteiger partial charge in [-0.3, -0.25) is 4.90 Å². The number of hydrogen-bond acceptors (Lipinski definition) is 3. The van der Waals surface area contributed by atoms with Crippen molar-refractivity contribution in [3.8, 4) is 0 Å². The lowest BCUT2D eigenvalue weighted by Gasteiger charge is -2.57. The second-order valence-corrected chi connectivity index (χ2v) is 9.91. The van der Waals surface area contributed by atoms with Gasteiger partial charge in [0.15, 0.2) is 4.77 Å². The third-order valence-corrected chi connectivity index (χ3v) is 7.65. The van der Waals surface area contributed by atoms with E-state index in [4.69, 9.17) is 17.3 Å². The molecule has 0 atom stereocenters. The van der Waals surface area contributed by atoms with E-state index >= 15 is 0 Å². The SMILES string of the molecule is CN(Cn1nc(C2CC2)n(C)c1=S)CC12CC3CC(CC(C3)C1)C2. The second-order valence-electron chi connectivity index (χ2n) is 9.55. The molecule has 0 radical (unpaired) electrons. The first kappa shape index (κ1) is 15.6. The van der Waals surface area contributed by atoms with E-state index < -0.39 is 0 Å². The molecule has 0 amide bonds. The summed E-state index contributed by atoms with van der Waals surface area (Å²) in [5, 5.41) is 4.84. The number of hydrogen-bond donors (Lipinski definition) is 0. The van der Waals surface area contributed by atoms with Gasteiger partial charge in [-0.05, 0) is 93.8 Å². The van der Waals surface area contributed by atoms with Crippen LogP contribution in [0.25, 0.3) is 0 Å². The molecule has 6 rings (SSSR count). The van der Waals surface area contributed by atoms with Crippen LogP contribution in [-0.2, 0) is 13.7 Å². The summed E-state index contributed by atoms with van der Waals surface area (Å²) in [4.78, 5) is 2.49. The van der Waals surface area contributed by atoms with Crippen LogP contribution >= 0.6 is 12.2 Å². The van der Waals surface area contributed by atoms with Crippen LogP contribution in [-0.4, -0.2) is 32.8 Å². The first-order valence-corrected chi connectivity index (χ1v) is 10.2. The zero-order chi connectivity index (χ0) is 16.5.